The number of rotatable bonds is 4. The van der Waals surface area contributed by atoms with Gasteiger partial charge in [-0.15, -0.1) is 0 Å². The Bertz CT molecular complexity index is 1090. The monoisotopic (exact) mass is 396 g/mol. The molecule has 1 amide bonds. The second-order valence-corrected chi connectivity index (χ2v) is 7.99. The molecule has 0 N–H and O–H groups in total. The van der Waals surface area contributed by atoms with Crippen LogP contribution < -0.4 is 0 Å². The molecule has 2 aromatic heterocycles. The number of carbonyl (C=O) groups excluding carboxylic acids is 1. The van der Waals surface area contributed by atoms with E-state index in [4.69, 9.17) is 0 Å². The Morgan fingerprint density at radius 2 is 2.00 bits per heavy atom. The molecule has 1 aliphatic carbocycles. The predicted molar refractivity (Wildman–Crippen MR) is 104 cm³/mol. The SMILES string of the molecule is Cc1ccccc1[C@H]1CCCN1C(=O)c1cnn2c(C(F)F)cc(C3CC3)nc12. The normalized spacial score (nSPS) is 19.4. The van der Waals surface area contributed by atoms with E-state index in [1.807, 2.05) is 30.0 Å². The molecule has 1 atom stereocenters. The van der Waals surface area contributed by atoms with Gasteiger partial charge in [-0.2, -0.15) is 5.10 Å². The van der Waals surface area contributed by atoms with Gasteiger partial charge in [-0.05, 0) is 49.8 Å². The fraction of sp³-hybridized carbons (Fsp3) is 0.409. The highest BCUT2D eigenvalue weighted by molar-refractivity contribution is 6.00. The Morgan fingerprint density at radius 1 is 1.21 bits per heavy atom. The molecule has 5 rings (SSSR count). The molecule has 1 aromatic carbocycles. The maximum atomic E-state index is 13.6. The molecule has 2 fully saturated rings. The third kappa shape index (κ3) is 3.09. The van der Waals surface area contributed by atoms with E-state index in [0.717, 1.165) is 41.3 Å². The lowest BCUT2D eigenvalue weighted by Gasteiger charge is -2.26. The van der Waals surface area contributed by atoms with Gasteiger partial charge in [-0.3, -0.25) is 4.79 Å². The number of alkyl halides is 2. The first-order valence-corrected chi connectivity index (χ1v) is 10.1. The van der Waals surface area contributed by atoms with Crippen LogP contribution in [0.5, 0.6) is 0 Å². The number of hydrogen-bond acceptors (Lipinski definition) is 3. The lowest BCUT2D eigenvalue weighted by Crippen LogP contribution is -2.31. The largest absolute Gasteiger partial charge is 0.331 e. The van der Waals surface area contributed by atoms with E-state index < -0.39 is 6.43 Å². The van der Waals surface area contributed by atoms with Crippen molar-refractivity contribution >= 4 is 11.6 Å². The summed E-state index contributed by atoms with van der Waals surface area (Å²) in [5, 5.41) is 4.10. The summed E-state index contributed by atoms with van der Waals surface area (Å²) in [6.45, 7) is 2.68. The summed E-state index contributed by atoms with van der Waals surface area (Å²) >= 11 is 0. The molecular weight excluding hydrogens is 374 g/mol. The van der Waals surface area contributed by atoms with E-state index in [2.05, 4.69) is 16.1 Å². The maximum absolute atomic E-state index is 13.6. The lowest BCUT2D eigenvalue weighted by molar-refractivity contribution is 0.0737. The molecule has 1 aliphatic heterocycles. The average Bonchev–Trinajstić information content (AvgIpc) is 3.30. The highest BCUT2D eigenvalue weighted by atomic mass is 19.3. The van der Waals surface area contributed by atoms with Gasteiger partial charge >= 0.3 is 0 Å². The number of likely N-dealkylation sites (tertiary alicyclic amines) is 1. The van der Waals surface area contributed by atoms with Crippen LogP contribution in [0.15, 0.2) is 36.5 Å². The molecule has 5 nitrogen and oxygen atoms in total. The Balaban J connectivity index is 1.56. The molecule has 0 bridgehead atoms. The zero-order valence-electron chi connectivity index (χ0n) is 16.2. The standard InChI is InChI=1S/C22H22F2N4O/c1-13-5-2-3-6-15(13)18-7-4-10-27(18)22(29)16-12-25-28-19(20(23)24)11-17(14-8-9-14)26-21(16)28/h2-3,5-6,11-12,14,18,20H,4,7-10H2,1H3/t18-/m1/s1. The highest BCUT2D eigenvalue weighted by Crippen LogP contribution is 2.41. The van der Waals surface area contributed by atoms with E-state index in [1.54, 1.807) is 0 Å². The van der Waals surface area contributed by atoms with Gasteiger partial charge < -0.3 is 4.90 Å². The van der Waals surface area contributed by atoms with Crippen molar-refractivity contribution in [3.8, 4) is 0 Å². The van der Waals surface area contributed by atoms with Crippen LogP contribution in [0.4, 0.5) is 8.78 Å². The maximum Gasteiger partial charge on any atom is 0.280 e. The van der Waals surface area contributed by atoms with Crippen molar-refractivity contribution < 1.29 is 13.6 Å². The third-order valence-electron chi connectivity index (χ3n) is 6.03. The molecule has 1 saturated heterocycles. The number of carbonyl (C=O) groups is 1. The zero-order chi connectivity index (χ0) is 20.1. The van der Waals surface area contributed by atoms with Gasteiger partial charge in [-0.25, -0.2) is 18.3 Å². The molecule has 0 spiro atoms. The van der Waals surface area contributed by atoms with Gasteiger partial charge in [0, 0.05) is 18.2 Å². The van der Waals surface area contributed by atoms with Crippen molar-refractivity contribution in [3.05, 3.63) is 64.6 Å². The van der Waals surface area contributed by atoms with Crippen LogP contribution in [0, 0.1) is 6.92 Å². The fourth-order valence-corrected chi connectivity index (χ4v) is 4.35. The molecule has 150 valence electrons. The van der Waals surface area contributed by atoms with Crippen LogP contribution in [0.25, 0.3) is 5.65 Å². The second-order valence-electron chi connectivity index (χ2n) is 7.99. The number of hydrogen-bond donors (Lipinski definition) is 0. The van der Waals surface area contributed by atoms with Crippen LogP contribution in [-0.2, 0) is 0 Å². The number of fused-ring (bicyclic) bond motifs is 1. The summed E-state index contributed by atoms with van der Waals surface area (Å²) in [6, 6.07) is 9.49. The van der Waals surface area contributed by atoms with Crippen LogP contribution in [-0.4, -0.2) is 31.9 Å². The first kappa shape index (κ1) is 18.2. The Morgan fingerprint density at radius 3 is 2.72 bits per heavy atom. The summed E-state index contributed by atoms with van der Waals surface area (Å²) in [5.74, 6) is 0.0215. The topological polar surface area (TPSA) is 50.5 Å². The van der Waals surface area contributed by atoms with E-state index >= 15 is 0 Å². The molecule has 7 heteroatoms. The van der Waals surface area contributed by atoms with Crippen LogP contribution >= 0.6 is 0 Å². The van der Waals surface area contributed by atoms with E-state index in [1.165, 1.54) is 12.3 Å². The third-order valence-corrected chi connectivity index (χ3v) is 6.03. The van der Waals surface area contributed by atoms with Crippen molar-refractivity contribution in [1.82, 2.24) is 19.5 Å². The zero-order valence-corrected chi connectivity index (χ0v) is 16.2. The average molecular weight is 396 g/mol. The smallest absolute Gasteiger partial charge is 0.280 e. The fourth-order valence-electron chi connectivity index (χ4n) is 4.35. The summed E-state index contributed by atoms with van der Waals surface area (Å²) in [5.41, 5.74) is 3.26. The molecule has 3 aromatic rings. The van der Waals surface area contributed by atoms with Crippen molar-refractivity contribution in [1.29, 1.82) is 0 Å². The molecule has 29 heavy (non-hydrogen) atoms. The molecule has 0 radical (unpaired) electrons. The molecule has 0 unspecified atom stereocenters. The molecule has 1 saturated carbocycles. The minimum Gasteiger partial charge on any atom is -0.331 e. The van der Waals surface area contributed by atoms with Crippen molar-refractivity contribution in [2.75, 3.05) is 6.54 Å². The minimum atomic E-state index is -2.67. The summed E-state index contributed by atoms with van der Waals surface area (Å²) < 4.78 is 28.4. The number of aryl methyl sites for hydroxylation is 1. The van der Waals surface area contributed by atoms with Gasteiger partial charge in [0.1, 0.15) is 11.3 Å². The summed E-state index contributed by atoms with van der Waals surface area (Å²) in [6.07, 6.45) is 2.41. The van der Waals surface area contributed by atoms with Gasteiger partial charge in [0.05, 0.1) is 12.2 Å². The van der Waals surface area contributed by atoms with Crippen molar-refractivity contribution in [2.45, 2.75) is 51.0 Å². The van der Waals surface area contributed by atoms with E-state index in [0.29, 0.717) is 17.8 Å². The van der Waals surface area contributed by atoms with Gasteiger partial charge in [0.2, 0.25) is 0 Å². The number of aromatic nitrogens is 3. The predicted octanol–water partition coefficient (Wildman–Crippen LogP) is 4.83. The molecular formula is C22H22F2N4O. The Hall–Kier alpha value is -2.83. The summed E-state index contributed by atoms with van der Waals surface area (Å²) in [4.78, 5) is 19.8. The molecule has 2 aliphatic rings. The quantitative estimate of drug-likeness (QED) is 0.635. The minimum absolute atomic E-state index is 0.0140. The molecule has 3 heterocycles. The van der Waals surface area contributed by atoms with E-state index in [-0.39, 0.29) is 29.2 Å². The van der Waals surface area contributed by atoms with Crippen LogP contribution in [0.1, 0.15) is 76.9 Å². The lowest BCUT2D eigenvalue weighted by atomic mass is 9.99. The van der Waals surface area contributed by atoms with Gasteiger partial charge in [-0.1, -0.05) is 24.3 Å². The number of halogens is 2. The van der Waals surface area contributed by atoms with Crippen LogP contribution in [0.2, 0.25) is 0 Å². The van der Waals surface area contributed by atoms with Crippen molar-refractivity contribution in [3.63, 3.8) is 0 Å². The second kappa shape index (κ2) is 6.90. The Kier molecular flexibility index (Phi) is 4.33. The van der Waals surface area contributed by atoms with Gasteiger partial charge in [0.25, 0.3) is 12.3 Å². The first-order chi connectivity index (χ1) is 14.0. The van der Waals surface area contributed by atoms with Gasteiger partial charge in [0.15, 0.2) is 5.65 Å². The van der Waals surface area contributed by atoms with Crippen molar-refractivity contribution in [2.24, 2.45) is 0 Å². The van der Waals surface area contributed by atoms with E-state index in [9.17, 15) is 13.6 Å². The number of benzene rings is 1. The highest BCUT2D eigenvalue weighted by Gasteiger charge is 2.34. The number of amides is 1. The number of nitrogens with zero attached hydrogens (tertiary/aromatic N) is 4. The summed E-state index contributed by atoms with van der Waals surface area (Å²) in [7, 11) is 0. The van der Waals surface area contributed by atoms with Crippen LogP contribution in [0.3, 0.4) is 0 Å². The first-order valence-electron chi connectivity index (χ1n) is 10.1. The Labute approximate surface area is 167 Å².